The highest BCUT2D eigenvalue weighted by atomic mass is 19.1. The fourth-order valence-corrected chi connectivity index (χ4v) is 2.79. The second-order valence-electron chi connectivity index (χ2n) is 5.62. The third-order valence-corrected chi connectivity index (χ3v) is 3.94. The van der Waals surface area contributed by atoms with Gasteiger partial charge in [0.2, 0.25) is 5.75 Å². The van der Waals surface area contributed by atoms with Crippen molar-refractivity contribution in [1.82, 2.24) is 0 Å². The van der Waals surface area contributed by atoms with E-state index >= 15 is 0 Å². The second kappa shape index (κ2) is 7.13. The Morgan fingerprint density at radius 3 is 2.28 bits per heavy atom. The second-order valence-corrected chi connectivity index (χ2v) is 5.62. The summed E-state index contributed by atoms with van der Waals surface area (Å²) >= 11 is 0. The summed E-state index contributed by atoms with van der Waals surface area (Å²) < 4.78 is 18.4. The predicted octanol–water partition coefficient (Wildman–Crippen LogP) is 5.00. The molecule has 0 bridgehead atoms. The molecule has 0 fully saturated rings. The molecule has 0 aromatic heterocycles. The van der Waals surface area contributed by atoms with Gasteiger partial charge in [0.1, 0.15) is 5.82 Å². The Labute approximate surface area is 144 Å². The number of hydrogen-bond acceptors (Lipinski definition) is 3. The van der Waals surface area contributed by atoms with Crippen LogP contribution in [0.2, 0.25) is 0 Å². The van der Waals surface area contributed by atoms with Gasteiger partial charge in [-0.15, -0.1) is 0 Å². The molecule has 3 rings (SSSR count). The summed E-state index contributed by atoms with van der Waals surface area (Å²) in [4.78, 5) is 11.0. The van der Waals surface area contributed by atoms with Crippen molar-refractivity contribution in [2.75, 3.05) is 7.11 Å². The molecule has 0 saturated carbocycles. The van der Waals surface area contributed by atoms with Crippen LogP contribution in [0.15, 0.2) is 66.7 Å². The zero-order chi connectivity index (χ0) is 17.8. The smallest absolute Gasteiger partial charge is 0.311 e. The first-order valence-electron chi connectivity index (χ1n) is 7.73. The summed E-state index contributed by atoms with van der Waals surface area (Å²) in [7, 11) is 1.43. The highest BCUT2D eigenvalue weighted by Gasteiger charge is 2.21. The zero-order valence-electron chi connectivity index (χ0n) is 13.6. The number of methoxy groups -OCH3 is 1. The molecule has 0 aliphatic rings. The molecule has 126 valence electrons. The molecule has 5 heteroatoms. The Morgan fingerprint density at radius 2 is 1.68 bits per heavy atom. The molecule has 0 N–H and O–H groups in total. The minimum Gasteiger partial charge on any atom is -0.490 e. The van der Waals surface area contributed by atoms with E-state index in [1.807, 2.05) is 36.4 Å². The number of benzene rings is 3. The molecule has 0 radical (unpaired) electrons. The minimum atomic E-state index is -0.445. The molecule has 25 heavy (non-hydrogen) atoms. The van der Waals surface area contributed by atoms with Crippen molar-refractivity contribution in [2.24, 2.45) is 0 Å². The van der Waals surface area contributed by atoms with Crippen LogP contribution < -0.4 is 4.74 Å². The topological polar surface area (TPSA) is 52.4 Å². The largest absolute Gasteiger partial charge is 0.490 e. The first-order chi connectivity index (χ1) is 12.1. The van der Waals surface area contributed by atoms with Gasteiger partial charge in [-0.1, -0.05) is 42.5 Å². The molecule has 0 saturated heterocycles. The first-order valence-corrected chi connectivity index (χ1v) is 7.73. The lowest BCUT2D eigenvalue weighted by atomic mass is 9.97. The Kier molecular flexibility index (Phi) is 4.75. The van der Waals surface area contributed by atoms with E-state index in [2.05, 4.69) is 0 Å². The third kappa shape index (κ3) is 3.66. The van der Waals surface area contributed by atoms with E-state index in [0.717, 1.165) is 16.7 Å². The van der Waals surface area contributed by atoms with E-state index in [9.17, 15) is 14.5 Å². The van der Waals surface area contributed by atoms with Crippen LogP contribution in [0.5, 0.6) is 5.75 Å². The van der Waals surface area contributed by atoms with Gasteiger partial charge in [0.25, 0.3) is 0 Å². The van der Waals surface area contributed by atoms with Gasteiger partial charge >= 0.3 is 5.69 Å². The van der Waals surface area contributed by atoms with Crippen molar-refractivity contribution >= 4 is 5.69 Å². The van der Waals surface area contributed by atoms with Gasteiger partial charge in [-0.05, 0) is 41.3 Å². The maximum Gasteiger partial charge on any atom is 0.311 e. The van der Waals surface area contributed by atoms with Gasteiger partial charge in [-0.3, -0.25) is 10.1 Å². The SMILES string of the molecule is COc1c(-c2ccccc2)cc(Cc2ccc(F)cc2)cc1[N+](=O)[O-]. The van der Waals surface area contributed by atoms with E-state index < -0.39 is 4.92 Å². The van der Waals surface area contributed by atoms with Gasteiger partial charge in [-0.25, -0.2) is 4.39 Å². The summed E-state index contributed by atoms with van der Waals surface area (Å²) in [5, 5.41) is 11.5. The molecule has 0 amide bonds. The normalized spacial score (nSPS) is 10.5. The summed E-state index contributed by atoms with van der Waals surface area (Å²) in [6, 6.07) is 18.9. The van der Waals surface area contributed by atoms with Crippen LogP contribution in [0.1, 0.15) is 11.1 Å². The number of halogens is 1. The standard InChI is InChI=1S/C20H16FNO3/c1-25-20-18(16-5-3-2-4-6-16)12-15(13-19(20)22(23)24)11-14-7-9-17(21)10-8-14/h2-10,12-13H,11H2,1H3. The maximum atomic E-state index is 13.1. The van der Waals surface area contributed by atoms with Gasteiger partial charge < -0.3 is 4.74 Å². The fraction of sp³-hybridized carbons (Fsp3) is 0.100. The highest BCUT2D eigenvalue weighted by Crippen LogP contribution is 2.39. The average molecular weight is 337 g/mol. The Bertz CT molecular complexity index is 893. The summed E-state index contributed by atoms with van der Waals surface area (Å²) in [5.74, 6) is -0.0755. The monoisotopic (exact) mass is 337 g/mol. The van der Waals surface area contributed by atoms with Crippen LogP contribution in [-0.4, -0.2) is 12.0 Å². The summed E-state index contributed by atoms with van der Waals surface area (Å²) in [5.41, 5.74) is 3.05. The van der Waals surface area contributed by atoms with Crippen LogP contribution in [0, 0.1) is 15.9 Å². The van der Waals surface area contributed by atoms with Gasteiger partial charge in [0, 0.05) is 11.6 Å². The van der Waals surface area contributed by atoms with E-state index in [1.165, 1.54) is 25.3 Å². The zero-order valence-corrected chi connectivity index (χ0v) is 13.6. The van der Waals surface area contributed by atoms with Crippen LogP contribution in [0.25, 0.3) is 11.1 Å². The lowest BCUT2D eigenvalue weighted by Crippen LogP contribution is -1.99. The Morgan fingerprint density at radius 1 is 1.00 bits per heavy atom. The quantitative estimate of drug-likeness (QED) is 0.486. The summed E-state index contributed by atoms with van der Waals surface area (Å²) in [6.07, 6.45) is 0.463. The number of nitro benzene ring substituents is 1. The van der Waals surface area contributed by atoms with Crippen molar-refractivity contribution in [1.29, 1.82) is 0 Å². The number of rotatable bonds is 5. The molecule has 0 atom stereocenters. The minimum absolute atomic E-state index is 0.0824. The summed E-state index contributed by atoms with van der Waals surface area (Å²) in [6.45, 7) is 0. The van der Waals surface area contributed by atoms with Crippen LogP contribution in [0.4, 0.5) is 10.1 Å². The van der Waals surface area contributed by atoms with Gasteiger partial charge in [0.05, 0.1) is 12.0 Å². The molecule has 4 nitrogen and oxygen atoms in total. The fourth-order valence-electron chi connectivity index (χ4n) is 2.79. The first kappa shape index (κ1) is 16.6. The van der Waals surface area contributed by atoms with E-state index in [4.69, 9.17) is 4.74 Å². The lowest BCUT2D eigenvalue weighted by Gasteiger charge is -2.12. The molecule has 0 heterocycles. The van der Waals surface area contributed by atoms with Crippen molar-refractivity contribution in [3.8, 4) is 16.9 Å². The Hall–Kier alpha value is -3.21. The molecule has 0 spiro atoms. The van der Waals surface area contributed by atoms with E-state index in [1.54, 1.807) is 12.1 Å². The number of nitrogens with zero attached hydrogens (tertiary/aromatic N) is 1. The molecule has 0 aliphatic carbocycles. The number of nitro groups is 1. The average Bonchev–Trinajstić information content (AvgIpc) is 2.63. The van der Waals surface area contributed by atoms with Gasteiger partial charge in [-0.2, -0.15) is 0 Å². The number of hydrogen-bond donors (Lipinski definition) is 0. The van der Waals surface area contributed by atoms with Crippen molar-refractivity contribution in [2.45, 2.75) is 6.42 Å². The van der Waals surface area contributed by atoms with E-state index in [0.29, 0.717) is 12.0 Å². The van der Waals surface area contributed by atoms with Crippen molar-refractivity contribution in [3.05, 3.63) is 93.8 Å². The van der Waals surface area contributed by atoms with Gasteiger partial charge in [0.15, 0.2) is 0 Å². The molecule has 0 unspecified atom stereocenters. The Balaban J connectivity index is 2.11. The van der Waals surface area contributed by atoms with Crippen LogP contribution >= 0.6 is 0 Å². The predicted molar refractivity (Wildman–Crippen MR) is 94.3 cm³/mol. The van der Waals surface area contributed by atoms with Crippen LogP contribution in [-0.2, 0) is 6.42 Å². The van der Waals surface area contributed by atoms with E-state index in [-0.39, 0.29) is 17.3 Å². The van der Waals surface area contributed by atoms with Crippen molar-refractivity contribution < 1.29 is 14.1 Å². The third-order valence-electron chi connectivity index (χ3n) is 3.94. The van der Waals surface area contributed by atoms with Crippen LogP contribution in [0.3, 0.4) is 0 Å². The molecular formula is C20H16FNO3. The highest BCUT2D eigenvalue weighted by molar-refractivity contribution is 5.76. The lowest BCUT2D eigenvalue weighted by molar-refractivity contribution is -0.385. The maximum absolute atomic E-state index is 13.1. The molecule has 3 aromatic rings. The molecule has 3 aromatic carbocycles. The molecule has 0 aliphatic heterocycles. The molecular weight excluding hydrogens is 321 g/mol. The number of ether oxygens (including phenoxy) is 1. The van der Waals surface area contributed by atoms with Crippen molar-refractivity contribution in [3.63, 3.8) is 0 Å².